The normalized spacial score (nSPS) is 22.9. The molecule has 1 aromatic carbocycles. The first-order valence-corrected chi connectivity index (χ1v) is 12.3. The van der Waals surface area contributed by atoms with Crippen LogP contribution in [0, 0.1) is 11.8 Å². The van der Waals surface area contributed by atoms with Gasteiger partial charge in [-0.2, -0.15) is 0 Å². The summed E-state index contributed by atoms with van der Waals surface area (Å²) in [7, 11) is -1.92. The smallest absolute Gasteiger partial charge is 0.258 e. The summed E-state index contributed by atoms with van der Waals surface area (Å²) >= 11 is 0. The van der Waals surface area contributed by atoms with Crippen LogP contribution in [0.15, 0.2) is 18.2 Å². The second kappa shape index (κ2) is 9.13. The molecule has 1 heterocycles. The van der Waals surface area contributed by atoms with Gasteiger partial charge in [-0.1, -0.05) is 6.92 Å². The van der Waals surface area contributed by atoms with Gasteiger partial charge in [0, 0.05) is 31.1 Å². The average molecular weight is 454 g/mol. The molecule has 3 unspecified atom stereocenters. The van der Waals surface area contributed by atoms with Crippen molar-refractivity contribution in [1.82, 2.24) is 9.21 Å². The minimum absolute atomic E-state index is 0.0247. The van der Waals surface area contributed by atoms with E-state index in [4.69, 9.17) is 4.74 Å². The number of rotatable bonds is 7. The van der Waals surface area contributed by atoms with Crippen molar-refractivity contribution in [1.29, 1.82) is 0 Å². The zero-order valence-corrected chi connectivity index (χ0v) is 19.2. The van der Waals surface area contributed by atoms with Gasteiger partial charge in [0.25, 0.3) is 5.91 Å². The highest BCUT2D eigenvalue weighted by atomic mass is 32.2. The molecule has 0 saturated heterocycles. The predicted octanol–water partition coefficient (Wildman–Crippen LogP) is 1.15. The lowest BCUT2D eigenvalue weighted by Crippen LogP contribution is -2.50. The van der Waals surface area contributed by atoms with E-state index in [1.807, 2.05) is 6.92 Å². The number of carbonyl (C=O) groups excluding carboxylic acids is 2. The van der Waals surface area contributed by atoms with Gasteiger partial charge >= 0.3 is 0 Å². The van der Waals surface area contributed by atoms with Crippen molar-refractivity contribution < 1.29 is 27.9 Å². The van der Waals surface area contributed by atoms with Gasteiger partial charge in [-0.05, 0) is 38.0 Å². The Labute approximate surface area is 183 Å². The SMILES string of the molecule is CC1CN(C(C)CO)C(=O)c2cc(NC(=O)C3CC3)ccc2OC1CN(C)S(C)(=O)=O. The van der Waals surface area contributed by atoms with E-state index >= 15 is 0 Å². The first-order valence-electron chi connectivity index (χ1n) is 10.5. The summed E-state index contributed by atoms with van der Waals surface area (Å²) < 4.78 is 31.2. The van der Waals surface area contributed by atoms with Crippen molar-refractivity contribution in [3.05, 3.63) is 23.8 Å². The maximum atomic E-state index is 13.3. The number of likely N-dealkylation sites (N-methyl/N-ethyl adjacent to an activating group) is 1. The molecule has 0 bridgehead atoms. The maximum absolute atomic E-state index is 13.3. The highest BCUT2D eigenvalue weighted by Gasteiger charge is 2.35. The molecule has 0 aromatic heterocycles. The quantitative estimate of drug-likeness (QED) is 0.640. The third-order valence-corrected chi connectivity index (χ3v) is 7.17. The molecule has 172 valence electrons. The highest BCUT2D eigenvalue weighted by molar-refractivity contribution is 7.88. The zero-order valence-electron chi connectivity index (χ0n) is 18.4. The molecule has 0 spiro atoms. The minimum atomic E-state index is -3.41. The lowest BCUT2D eigenvalue weighted by Gasteiger charge is -2.38. The van der Waals surface area contributed by atoms with Gasteiger partial charge in [-0.25, -0.2) is 12.7 Å². The Balaban J connectivity index is 1.96. The van der Waals surface area contributed by atoms with Crippen molar-refractivity contribution in [3.63, 3.8) is 0 Å². The molecule has 0 radical (unpaired) electrons. The van der Waals surface area contributed by atoms with E-state index in [1.165, 1.54) is 11.4 Å². The Kier molecular flexibility index (Phi) is 6.92. The predicted molar refractivity (Wildman–Crippen MR) is 116 cm³/mol. The summed E-state index contributed by atoms with van der Waals surface area (Å²) in [6.07, 6.45) is 2.36. The number of benzene rings is 1. The van der Waals surface area contributed by atoms with Gasteiger partial charge in [0.05, 0.1) is 31.0 Å². The van der Waals surface area contributed by atoms with E-state index in [0.29, 0.717) is 18.0 Å². The zero-order chi connectivity index (χ0) is 22.9. The van der Waals surface area contributed by atoms with Crippen molar-refractivity contribution >= 4 is 27.5 Å². The third-order valence-electron chi connectivity index (χ3n) is 5.88. The highest BCUT2D eigenvalue weighted by Crippen LogP contribution is 2.33. The number of nitrogens with zero attached hydrogens (tertiary/aromatic N) is 2. The molecule has 2 amide bonds. The number of anilines is 1. The van der Waals surface area contributed by atoms with Crippen molar-refractivity contribution in [2.45, 2.75) is 38.8 Å². The lowest BCUT2D eigenvalue weighted by molar-refractivity contribution is -0.117. The molecule has 3 atom stereocenters. The average Bonchev–Trinajstić information content (AvgIpc) is 3.55. The van der Waals surface area contributed by atoms with E-state index < -0.39 is 22.2 Å². The maximum Gasteiger partial charge on any atom is 0.258 e. The van der Waals surface area contributed by atoms with Crippen LogP contribution in [0.25, 0.3) is 0 Å². The molecule has 31 heavy (non-hydrogen) atoms. The van der Waals surface area contributed by atoms with Crippen LogP contribution in [0.2, 0.25) is 0 Å². The van der Waals surface area contributed by atoms with Crippen LogP contribution < -0.4 is 10.1 Å². The molecular formula is C21H31N3O6S. The fourth-order valence-electron chi connectivity index (χ4n) is 3.50. The number of hydrogen-bond donors (Lipinski definition) is 2. The van der Waals surface area contributed by atoms with Crippen LogP contribution >= 0.6 is 0 Å². The monoisotopic (exact) mass is 453 g/mol. The number of aliphatic hydroxyl groups excluding tert-OH is 1. The number of hydrogen-bond acceptors (Lipinski definition) is 6. The number of sulfonamides is 1. The van der Waals surface area contributed by atoms with Gasteiger partial charge in [0.2, 0.25) is 15.9 Å². The van der Waals surface area contributed by atoms with E-state index in [2.05, 4.69) is 5.32 Å². The summed E-state index contributed by atoms with van der Waals surface area (Å²) in [4.78, 5) is 27.0. The van der Waals surface area contributed by atoms with Crippen LogP contribution in [-0.4, -0.2) is 79.7 Å². The van der Waals surface area contributed by atoms with Crippen LogP contribution in [0.3, 0.4) is 0 Å². The molecule has 1 aliphatic heterocycles. The number of ether oxygens (including phenoxy) is 1. The van der Waals surface area contributed by atoms with Gasteiger partial charge in [-0.15, -0.1) is 0 Å². The second-order valence-corrected chi connectivity index (χ2v) is 10.7. The van der Waals surface area contributed by atoms with Crippen molar-refractivity contribution in [2.24, 2.45) is 11.8 Å². The Morgan fingerprint density at radius 2 is 2.06 bits per heavy atom. The first-order chi connectivity index (χ1) is 14.5. The molecule has 1 aromatic rings. The summed E-state index contributed by atoms with van der Waals surface area (Å²) in [5.41, 5.74) is 0.774. The summed E-state index contributed by atoms with van der Waals surface area (Å²) in [6.45, 7) is 3.85. The number of carbonyl (C=O) groups is 2. The molecule has 10 heteroatoms. The van der Waals surface area contributed by atoms with E-state index in [0.717, 1.165) is 19.1 Å². The van der Waals surface area contributed by atoms with Crippen molar-refractivity contribution in [3.8, 4) is 5.75 Å². The Bertz CT molecular complexity index is 946. The molecular weight excluding hydrogens is 422 g/mol. The van der Waals surface area contributed by atoms with Crippen LogP contribution in [-0.2, 0) is 14.8 Å². The molecule has 2 aliphatic rings. The number of nitrogens with one attached hydrogen (secondary N) is 1. The molecule has 3 rings (SSSR count). The third kappa shape index (κ3) is 5.55. The minimum Gasteiger partial charge on any atom is -0.488 e. The summed E-state index contributed by atoms with van der Waals surface area (Å²) in [5.74, 6) is -0.217. The van der Waals surface area contributed by atoms with E-state index in [-0.39, 0.29) is 42.4 Å². The molecule has 1 saturated carbocycles. The Morgan fingerprint density at radius 3 is 2.65 bits per heavy atom. The van der Waals surface area contributed by atoms with Crippen LogP contribution in [0.4, 0.5) is 5.69 Å². The topological polar surface area (TPSA) is 116 Å². The second-order valence-electron chi connectivity index (χ2n) is 8.64. The van der Waals surface area contributed by atoms with Crippen molar-refractivity contribution in [2.75, 3.05) is 38.3 Å². The number of fused-ring (bicyclic) bond motifs is 1. The van der Waals surface area contributed by atoms with Gasteiger partial charge in [0.1, 0.15) is 11.9 Å². The first kappa shape index (κ1) is 23.5. The van der Waals surface area contributed by atoms with Crippen LogP contribution in [0.1, 0.15) is 37.0 Å². The van der Waals surface area contributed by atoms with Gasteiger partial charge in [0.15, 0.2) is 0 Å². The molecule has 1 fully saturated rings. The standard InChI is InChI=1S/C21H31N3O6S/c1-13-10-24(14(2)12-25)21(27)17-9-16(22-20(26)15-5-6-15)7-8-18(17)30-19(13)11-23(3)31(4,28)29/h7-9,13-15,19,25H,5-6,10-12H2,1-4H3,(H,22,26). The Hall–Kier alpha value is -2.17. The van der Waals surface area contributed by atoms with Gasteiger partial charge < -0.3 is 20.1 Å². The lowest BCUT2D eigenvalue weighted by atomic mass is 9.99. The molecule has 2 N–H and O–H groups in total. The number of amides is 2. The number of aliphatic hydroxyl groups is 1. The summed E-state index contributed by atoms with van der Waals surface area (Å²) in [6, 6.07) is 4.46. The molecule has 9 nitrogen and oxygen atoms in total. The van der Waals surface area contributed by atoms with Crippen LogP contribution in [0.5, 0.6) is 5.75 Å². The van der Waals surface area contributed by atoms with E-state index in [9.17, 15) is 23.1 Å². The largest absolute Gasteiger partial charge is 0.488 e. The van der Waals surface area contributed by atoms with E-state index in [1.54, 1.807) is 30.0 Å². The fourth-order valence-corrected chi connectivity index (χ4v) is 3.91. The molecule has 1 aliphatic carbocycles. The Morgan fingerprint density at radius 1 is 1.39 bits per heavy atom. The van der Waals surface area contributed by atoms with Gasteiger partial charge in [-0.3, -0.25) is 9.59 Å². The summed E-state index contributed by atoms with van der Waals surface area (Å²) in [5, 5.41) is 12.5. The fraction of sp³-hybridized carbons (Fsp3) is 0.619.